The fraction of sp³-hybridized carbons (Fsp3) is 0.267. The zero-order valence-electron chi connectivity index (χ0n) is 11.5. The lowest BCUT2D eigenvalue weighted by Gasteiger charge is -2.11. The van der Waals surface area contributed by atoms with Gasteiger partial charge in [0, 0.05) is 18.9 Å². The molecule has 0 fully saturated rings. The van der Waals surface area contributed by atoms with E-state index in [1.807, 2.05) is 13.8 Å². The predicted molar refractivity (Wildman–Crippen MR) is 75.7 cm³/mol. The van der Waals surface area contributed by atoms with Crippen LogP contribution in [0.25, 0.3) is 0 Å². The number of amides is 1. The maximum Gasteiger partial charge on any atom is 0.256 e. The van der Waals surface area contributed by atoms with Crippen LogP contribution >= 0.6 is 0 Å². The van der Waals surface area contributed by atoms with Crippen LogP contribution in [-0.2, 0) is 0 Å². The molecule has 0 radical (unpaired) electrons. The molecule has 2 aromatic heterocycles. The van der Waals surface area contributed by atoms with Gasteiger partial charge in [0.05, 0.1) is 6.20 Å². The molecule has 20 heavy (non-hydrogen) atoms. The van der Waals surface area contributed by atoms with Crippen LogP contribution in [0.1, 0.15) is 24.2 Å². The number of aromatic nitrogens is 2. The van der Waals surface area contributed by atoms with Crippen molar-refractivity contribution in [2.24, 2.45) is 5.92 Å². The molecular formula is C15H17N3O2. The highest BCUT2D eigenvalue weighted by Crippen LogP contribution is 2.21. The van der Waals surface area contributed by atoms with E-state index in [4.69, 9.17) is 4.74 Å². The molecule has 0 aliphatic heterocycles. The van der Waals surface area contributed by atoms with Crippen LogP contribution in [0.5, 0.6) is 11.6 Å². The minimum Gasteiger partial charge on any atom is -0.437 e. The number of nitrogens with one attached hydrogen (secondary N) is 1. The molecule has 0 saturated heterocycles. The van der Waals surface area contributed by atoms with E-state index in [2.05, 4.69) is 15.3 Å². The average molecular weight is 271 g/mol. The summed E-state index contributed by atoms with van der Waals surface area (Å²) in [6.07, 6.45) is 4.82. The minimum atomic E-state index is -0.189. The summed E-state index contributed by atoms with van der Waals surface area (Å²) < 4.78 is 5.60. The molecule has 5 nitrogen and oxygen atoms in total. The van der Waals surface area contributed by atoms with Crippen molar-refractivity contribution < 1.29 is 9.53 Å². The maximum absolute atomic E-state index is 12.1. The number of hydrogen-bond acceptors (Lipinski definition) is 4. The second-order valence-electron chi connectivity index (χ2n) is 4.75. The lowest BCUT2D eigenvalue weighted by molar-refractivity contribution is 0.0946. The lowest BCUT2D eigenvalue weighted by atomic mass is 10.2. The molecule has 0 saturated carbocycles. The Hall–Kier alpha value is -2.43. The molecule has 104 valence electrons. The Morgan fingerprint density at radius 2 is 2.10 bits per heavy atom. The van der Waals surface area contributed by atoms with Gasteiger partial charge in [0.2, 0.25) is 5.88 Å². The minimum absolute atomic E-state index is 0.189. The van der Waals surface area contributed by atoms with E-state index in [1.165, 1.54) is 0 Å². The van der Waals surface area contributed by atoms with Crippen LogP contribution in [0.2, 0.25) is 0 Å². The predicted octanol–water partition coefficient (Wildman–Crippen LogP) is 2.65. The largest absolute Gasteiger partial charge is 0.437 e. The van der Waals surface area contributed by atoms with Gasteiger partial charge in [0.15, 0.2) is 0 Å². The van der Waals surface area contributed by atoms with Crippen molar-refractivity contribution in [2.75, 3.05) is 6.54 Å². The number of carbonyl (C=O) groups is 1. The highest BCUT2D eigenvalue weighted by molar-refractivity contribution is 5.96. The van der Waals surface area contributed by atoms with E-state index in [0.717, 1.165) is 0 Å². The summed E-state index contributed by atoms with van der Waals surface area (Å²) >= 11 is 0. The Morgan fingerprint density at radius 3 is 2.80 bits per heavy atom. The first-order chi connectivity index (χ1) is 9.66. The molecule has 2 aromatic rings. The molecule has 0 bridgehead atoms. The highest BCUT2D eigenvalue weighted by atomic mass is 16.5. The fourth-order valence-corrected chi connectivity index (χ4v) is 1.56. The van der Waals surface area contributed by atoms with Crippen molar-refractivity contribution in [3.63, 3.8) is 0 Å². The van der Waals surface area contributed by atoms with Gasteiger partial charge in [-0.05, 0) is 30.2 Å². The molecule has 1 amide bonds. The number of ether oxygens (including phenoxy) is 1. The second kappa shape index (κ2) is 6.65. The van der Waals surface area contributed by atoms with Crippen LogP contribution < -0.4 is 10.1 Å². The average Bonchev–Trinajstić information content (AvgIpc) is 2.46. The summed E-state index contributed by atoms with van der Waals surface area (Å²) in [6.45, 7) is 4.69. The van der Waals surface area contributed by atoms with Gasteiger partial charge >= 0.3 is 0 Å². The van der Waals surface area contributed by atoms with Gasteiger partial charge < -0.3 is 10.1 Å². The molecule has 0 spiro atoms. The quantitative estimate of drug-likeness (QED) is 0.908. The van der Waals surface area contributed by atoms with Gasteiger partial charge in [-0.15, -0.1) is 0 Å². The number of nitrogens with zero attached hydrogens (tertiary/aromatic N) is 2. The topological polar surface area (TPSA) is 64.1 Å². The van der Waals surface area contributed by atoms with Gasteiger partial charge in [-0.25, -0.2) is 4.98 Å². The number of rotatable bonds is 5. The monoisotopic (exact) mass is 271 g/mol. The van der Waals surface area contributed by atoms with E-state index in [1.54, 1.807) is 42.9 Å². The molecule has 2 rings (SSSR count). The van der Waals surface area contributed by atoms with Crippen molar-refractivity contribution in [1.82, 2.24) is 15.3 Å². The molecule has 0 aliphatic carbocycles. The normalized spacial score (nSPS) is 10.3. The molecule has 0 aliphatic rings. The second-order valence-corrected chi connectivity index (χ2v) is 4.75. The Morgan fingerprint density at radius 1 is 1.30 bits per heavy atom. The third-order valence-electron chi connectivity index (χ3n) is 2.54. The van der Waals surface area contributed by atoms with Crippen molar-refractivity contribution in [2.45, 2.75) is 13.8 Å². The molecule has 0 atom stereocenters. The van der Waals surface area contributed by atoms with E-state index in [0.29, 0.717) is 23.8 Å². The fourth-order valence-electron chi connectivity index (χ4n) is 1.56. The summed E-state index contributed by atoms with van der Waals surface area (Å²) in [4.78, 5) is 20.2. The molecule has 0 unspecified atom stereocenters. The summed E-state index contributed by atoms with van der Waals surface area (Å²) in [6, 6.07) is 6.92. The standard InChI is InChI=1S/C15H17N3O2/c1-11(2)9-18-14(19)13-6-4-8-17-15(13)20-12-5-3-7-16-10-12/h3-8,10-11H,9H2,1-2H3,(H,18,19). The Bertz CT molecular complexity index is 570. The summed E-state index contributed by atoms with van der Waals surface area (Å²) in [5.41, 5.74) is 0.414. The van der Waals surface area contributed by atoms with Gasteiger partial charge in [0.25, 0.3) is 5.91 Å². The summed E-state index contributed by atoms with van der Waals surface area (Å²) in [7, 11) is 0. The SMILES string of the molecule is CC(C)CNC(=O)c1cccnc1Oc1cccnc1. The van der Waals surface area contributed by atoms with Crippen molar-refractivity contribution in [3.8, 4) is 11.6 Å². The van der Waals surface area contributed by atoms with E-state index < -0.39 is 0 Å². The third-order valence-corrected chi connectivity index (χ3v) is 2.54. The van der Waals surface area contributed by atoms with E-state index >= 15 is 0 Å². The zero-order chi connectivity index (χ0) is 14.4. The summed E-state index contributed by atoms with van der Waals surface area (Å²) in [5.74, 6) is 1.02. The molecular weight excluding hydrogens is 254 g/mol. The van der Waals surface area contributed by atoms with E-state index in [9.17, 15) is 4.79 Å². The first-order valence-corrected chi connectivity index (χ1v) is 6.48. The van der Waals surface area contributed by atoms with Crippen molar-refractivity contribution in [3.05, 3.63) is 48.4 Å². The van der Waals surface area contributed by atoms with Crippen LogP contribution in [-0.4, -0.2) is 22.4 Å². The van der Waals surface area contributed by atoms with E-state index in [-0.39, 0.29) is 11.8 Å². The Balaban J connectivity index is 2.16. The highest BCUT2D eigenvalue weighted by Gasteiger charge is 2.14. The Labute approximate surface area is 118 Å². The molecule has 0 aromatic carbocycles. The van der Waals surface area contributed by atoms with Gasteiger partial charge in [-0.3, -0.25) is 9.78 Å². The third kappa shape index (κ3) is 3.78. The smallest absolute Gasteiger partial charge is 0.256 e. The summed E-state index contributed by atoms with van der Waals surface area (Å²) in [5, 5.41) is 2.85. The van der Waals surface area contributed by atoms with Crippen molar-refractivity contribution >= 4 is 5.91 Å². The zero-order valence-corrected chi connectivity index (χ0v) is 11.5. The van der Waals surface area contributed by atoms with Crippen LogP contribution in [0.4, 0.5) is 0 Å². The molecule has 1 N–H and O–H groups in total. The number of pyridine rings is 2. The van der Waals surface area contributed by atoms with Crippen LogP contribution in [0, 0.1) is 5.92 Å². The Kier molecular flexibility index (Phi) is 4.65. The van der Waals surface area contributed by atoms with Crippen LogP contribution in [0.15, 0.2) is 42.9 Å². The maximum atomic E-state index is 12.1. The first kappa shape index (κ1) is 14.0. The van der Waals surface area contributed by atoms with Crippen molar-refractivity contribution in [1.29, 1.82) is 0 Å². The van der Waals surface area contributed by atoms with Gasteiger partial charge in [0.1, 0.15) is 11.3 Å². The molecule has 2 heterocycles. The number of hydrogen-bond donors (Lipinski definition) is 1. The number of carbonyl (C=O) groups excluding carboxylic acids is 1. The van der Waals surface area contributed by atoms with Gasteiger partial charge in [-0.2, -0.15) is 0 Å². The molecule has 5 heteroatoms. The first-order valence-electron chi connectivity index (χ1n) is 6.48. The van der Waals surface area contributed by atoms with Crippen LogP contribution in [0.3, 0.4) is 0 Å². The van der Waals surface area contributed by atoms with Gasteiger partial charge in [-0.1, -0.05) is 13.8 Å². The lowest BCUT2D eigenvalue weighted by Crippen LogP contribution is -2.27.